The van der Waals surface area contributed by atoms with Crippen molar-refractivity contribution in [1.82, 2.24) is 5.32 Å². The van der Waals surface area contributed by atoms with E-state index in [1.807, 2.05) is 0 Å². The molecule has 20 heavy (non-hydrogen) atoms. The average molecular weight is 334 g/mol. The van der Waals surface area contributed by atoms with Gasteiger partial charge in [-0.25, -0.2) is 0 Å². The Balaban J connectivity index is 1.45. The molecule has 6 atom stereocenters. The minimum absolute atomic E-state index is 0.469. The smallest absolute Gasteiger partial charge is 0.0294 e. The van der Waals surface area contributed by atoms with Crippen molar-refractivity contribution in [2.24, 2.45) is 23.7 Å². The van der Waals surface area contributed by atoms with Crippen molar-refractivity contribution in [1.29, 1.82) is 0 Å². The van der Waals surface area contributed by atoms with Crippen LogP contribution in [0.2, 0.25) is 0 Å². The van der Waals surface area contributed by atoms with Gasteiger partial charge in [0.1, 0.15) is 0 Å². The molecular weight excluding hydrogens is 310 g/mol. The summed E-state index contributed by atoms with van der Waals surface area (Å²) < 4.78 is 1.19. The second-order valence-corrected chi connectivity index (χ2v) is 8.12. The van der Waals surface area contributed by atoms with E-state index < -0.39 is 0 Å². The molecule has 3 aliphatic rings. The Kier molecular flexibility index (Phi) is 3.42. The molecule has 4 rings (SSSR count). The molecule has 0 radical (unpaired) electrons. The van der Waals surface area contributed by atoms with E-state index in [9.17, 15) is 0 Å². The number of nitrogens with one attached hydrogen (secondary N) is 1. The molecule has 0 aliphatic heterocycles. The van der Waals surface area contributed by atoms with Crippen molar-refractivity contribution in [3.8, 4) is 0 Å². The van der Waals surface area contributed by atoms with E-state index in [-0.39, 0.29) is 0 Å². The second kappa shape index (κ2) is 5.14. The molecule has 0 amide bonds. The Labute approximate surface area is 130 Å². The topological polar surface area (TPSA) is 12.0 Å². The first-order valence-electron chi connectivity index (χ1n) is 8.24. The summed E-state index contributed by atoms with van der Waals surface area (Å²) in [4.78, 5) is 0. The van der Waals surface area contributed by atoms with E-state index in [0.717, 1.165) is 29.7 Å². The predicted molar refractivity (Wildman–Crippen MR) is 86.5 cm³/mol. The van der Waals surface area contributed by atoms with E-state index in [0.29, 0.717) is 6.04 Å². The summed E-state index contributed by atoms with van der Waals surface area (Å²) in [6.07, 6.45) is 7.48. The maximum Gasteiger partial charge on any atom is 0.0294 e. The van der Waals surface area contributed by atoms with Gasteiger partial charge in [-0.2, -0.15) is 0 Å². The van der Waals surface area contributed by atoms with Crippen molar-refractivity contribution < 1.29 is 0 Å². The van der Waals surface area contributed by atoms with Gasteiger partial charge in [0.25, 0.3) is 0 Å². The van der Waals surface area contributed by atoms with Gasteiger partial charge in [0.05, 0.1) is 0 Å². The molecule has 0 aromatic heterocycles. The summed E-state index contributed by atoms with van der Waals surface area (Å²) in [6.45, 7) is 2.32. The van der Waals surface area contributed by atoms with Gasteiger partial charge >= 0.3 is 0 Å². The van der Waals surface area contributed by atoms with Crippen LogP contribution in [0.25, 0.3) is 0 Å². The summed E-state index contributed by atoms with van der Waals surface area (Å²) in [6, 6.07) is 9.99. The molecule has 2 bridgehead atoms. The summed E-state index contributed by atoms with van der Waals surface area (Å²) in [5.74, 6) is 4.17. The second-order valence-electron chi connectivity index (χ2n) is 7.20. The lowest BCUT2D eigenvalue weighted by Gasteiger charge is -2.34. The molecule has 6 unspecified atom stereocenters. The Bertz CT molecular complexity index is 500. The van der Waals surface area contributed by atoms with E-state index in [2.05, 4.69) is 52.4 Å². The summed E-state index contributed by atoms with van der Waals surface area (Å²) >= 11 is 3.58. The Morgan fingerprint density at radius 2 is 2.00 bits per heavy atom. The van der Waals surface area contributed by atoms with E-state index >= 15 is 0 Å². The summed E-state index contributed by atoms with van der Waals surface area (Å²) in [5.41, 5.74) is 1.41. The first kappa shape index (κ1) is 13.3. The minimum atomic E-state index is 0.469. The largest absolute Gasteiger partial charge is 0.307 e. The lowest BCUT2D eigenvalue weighted by atomic mass is 9.79. The van der Waals surface area contributed by atoms with Crippen LogP contribution in [0.3, 0.4) is 0 Å². The van der Waals surface area contributed by atoms with Crippen LogP contribution in [0.4, 0.5) is 0 Å². The Hall–Kier alpha value is -0.340. The molecule has 108 valence electrons. The van der Waals surface area contributed by atoms with Gasteiger partial charge < -0.3 is 5.32 Å². The maximum atomic E-state index is 3.95. The quantitative estimate of drug-likeness (QED) is 0.827. The zero-order valence-electron chi connectivity index (χ0n) is 12.2. The van der Waals surface area contributed by atoms with E-state index in [1.165, 1.54) is 42.1 Å². The van der Waals surface area contributed by atoms with Crippen LogP contribution in [-0.4, -0.2) is 6.04 Å². The third-order valence-electron chi connectivity index (χ3n) is 6.24. The van der Waals surface area contributed by atoms with Gasteiger partial charge in [0, 0.05) is 16.6 Å². The molecule has 0 heterocycles. The van der Waals surface area contributed by atoms with Crippen LogP contribution < -0.4 is 5.32 Å². The third-order valence-corrected chi connectivity index (χ3v) is 6.73. The van der Waals surface area contributed by atoms with Gasteiger partial charge in [0.2, 0.25) is 0 Å². The molecule has 1 aromatic carbocycles. The summed E-state index contributed by atoms with van der Waals surface area (Å²) in [7, 11) is 0. The highest BCUT2D eigenvalue weighted by atomic mass is 79.9. The molecule has 1 aromatic rings. The molecule has 3 saturated carbocycles. The van der Waals surface area contributed by atoms with Crippen LogP contribution >= 0.6 is 15.9 Å². The Morgan fingerprint density at radius 1 is 1.15 bits per heavy atom. The highest BCUT2D eigenvalue weighted by molar-refractivity contribution is 9.10. The first-order chi connectivity index (χ1) is 9.72. The molecule has 0 spiro atoms. The van der Waals surface area contributed by atoms with E-state index in [4.69, 9.17) is 0 Å². The van der Waals surface area contributed by atoms with Crippen molar-refractivity contribution in [3.05, 3.63) is 34.3 Å². The SMILES string of the molecule is CC(NC1CC2CC1C1CCCC21)c1cccc(Br)c1. The maximum absolute atomic E-state index is 3.95. The molecule has 2 heteroatoms. The molecule has 3 aliphatic carbocycles. The first-order valence-corrected chi connectivity index (χ1v) is 9.03. The number of hydrogen-bond donors (Lipinski definition) is 1. The molecular formula is C18H24BrN. The lowest BCUT2D eigenvalue weighted by molar-refractivity contribution is 0.200. The molecule has 1 nitrogen and oxygen atoms in total. The van der Waals surface area contributed by atoms with Crippen LogP contribution in [-0.2, 0) is 0 Å². The van der Waals surface area contributed by atoms with Gasteiger partial charge in [-0.3, -0.25) is 0 Å². The molecule has 0 saturated heterocycles. The number of hydrogen-bond acceptors (Lipinski definition) is 1. The van der Waals surface area contributed by atoms with Gasteiger partial charge in [-0.05, 0) is 74.0 Å². The zero-order valence-corrected chi connectivity index (χ0v) is 13.8. The number of benzene rings is 1. The van der Waals surface area contributed by atoms with Gasteiger partial charge in [0.15, 0.2) is 0 Å². The van der Waals surface area contributed by atoms with Gasteiger partial charge in [-0.15, -0.1) is 0 Å². The normalized spacial score (nSPS) is 40.0. The highest BCUT2D eigenvalue weighted by Gasteiger charge is 2.53. The minimum Gasteiger partial charge on any atom is -0.307 e. The van der Waals surface area contributed by atoms with Crippen LogP contribution in [0.5, 0.6) is 0 Å². The van der Waals surface area contributed by atoms with Crippen molar-refractivity contribution in [3.63, 3.8) is 0 Å². The molecule has 1 N–H and O–H groups in total. The zero-order chi connectivity index (χ0) is 13.7. The average Bonchev–Trinajstić information content (AvgIpc) is 3.10. The number of fused-ring (bicyclic) bond motifs is 5. The monoisotopic (exact) mass is 333 g/mol. The van der Waals surface area contributed by atoms with Crippen molar-refractivity contribution >= 4 is 15.9 Å². The number of halogens is 1. The van der Waals surface area contributed by atoms with Crippen molar-refractivity contribution in [2.75, 3.05) is 0 Å². The third kappa shape index (κ3) is 2.16. The van der Waals surface area contributed by atoms with Crippen molar-refractivity contribution in [2.45, 2.75) is 51.1 Å². The number of rotatable bonds is 3. The van der Waals surface area contributed by atoms with Crippen LogP contribution in [0.1, 0.15) is 50.6 Å². The predicted octanol–water partition coefficient (Wildman–Crippen LogP) is 4.92. The highest BCUT2D eigenvalue weighted by Crippen LogP contribution is 2.58. The lowest BCUT2D eigenvalue weighted by Crippen LogP contribution is -2.40. The summed E-state index contributed by atoms with van der Waals surface area (Å²) in [5, 5.41) is 3.95. The Morgan fingerprint density at radius 3 is 2.85 bits per heavy atom. The van der Waals surface area contributed by atoms with Gasteiger partial charge in [-0.1, -0.05) is 34.5 Å². The molecule has 3 fully saturated rings. The fourth-order valence-corrected chi connectivity index (χ4v) is 5.87. The van der Waals surface area contributed by atoms with Crippen LogP contribution in [0, 0.1) is 23.7 Å². The standard InChI is InChI=1S/C18H24BrN/c1-11(12-4-2-5-14(19)8-12)20-18-10-13-9-17(18)16-7-3-6-15(13)16/h2,4-5,8,11,13,15-18,20H,3,6-7,9-10H2,1H3. The van der Waals surface area contributed by atoms with Crippen LogP contribution in [0.15, 0.2) is 28.7 Å². The fraction of sp³-hybridized carbons (Fsp3) is 0.667. The fourth-order valence-electron chi connectivity index (χ4n) is 5.45. The van der Waals surface area contributed by atoms with E-state index in [1.54, 1.807) is 0 Å².